The van der Waals surface area contributed by atoms with Crippen molar-refractivity contribution in [2.75, 3.05) is 79.0 Å². The summed E-state index contributed by atoms with van der Waals surface area (Å²) in [6.07, 6.45) is 4.20. The average Bonchev–Trinajstić information content (AvgIpc) is 3.34. The molecular formula is C29H37F4LiN2O9-2. The van der Waals surface area contributed by atoms with Gasteiger partial charge in [0.15, 0.2) is 17.4 Å². The molecule has 2 amide bonds. The Hall–Kier alpha value is -2.64. The molecule has 0 saturated heterocycles. The molecule has 0 fully saturated rings. The van der Waals surface area contributed by atoms with Gasteiger partial charge in [0.25, 0.3) is 11.8 Å². The van der Waals surface area contributed by atoms with Crippen LogP contribution in [0.3, 0.4) is 0 Å². The van der Waals surface area contributed by atoms with E-state index in [-0.39, 0.29) is 63.3 Å². The Morgan fingerprint density at radius 2 is 1.27 bits per heavy atom. The number of carbonyl (C=O) groups is 3. The summed E-state index contributed by atoms with van der Waals surface area (Å²) in [7, 11) is 0. The molecule has 45 heavy (non-hydrogen) atoms. The van der Waals surface area contributed by atoms with Gasteiger partial charge >= 0.3 is 24.8 Å². The molecule has 0 aliphatic carbocycles. The first-order valence-electron chi connectivity index (χ1n) is 13.6. The largest absolute Gasteiger partial charge is 1.00 e. The Balaban J connectivity index is 0.00000108. The number of halogens is 4. The second kappa shape index (κ2) is 24.6. The summed E-state index contributed by atoms with van der Waals surface area (Å²) in [6, 6.07) is 0. The van der Waals surface area contributed by atoms with E-state index in [2.05, 4.69) is 18.6 Å². The predicted octanol–water partition coefficient (Wildman–Crippen LogP) is -0.701. The molecule has 1 aliphatic heterocycles. The SMILES string of the molecule is Cc1c(F)c(F)c(F)c(F)c1OC(=O)CCOCCOCCOCCOCC[C-]=O.[CH2-]CN(C[CH2-])CCN1C(=O)C=CC1=O.[Li+]. The molecular weight excluding hydrogens is 603 g/mol. The van der Waals surface area contributed by atoms with Crippen LogP contribution >= 0.6 is 0 Å². The van der Waals surface area contributed by atoms with E-state index in [0.29, 0.717) is 59.2 Å². The Kier molecular flexibility index (Phi) is 23.1. The fourth-order valence-electron chi connectivity index (χ4n) is 3.27. The summed E-state index contributed by atoms with van der Waals surface area (Å²) < 4.78 is 78.6. The van der Waals surface area contributed by atoms with Gasteiger partial charge in [0.2, 0.25) is 11.6 Å². The van der Waals surface area contributed by atoms with E-state index < -0.39 is 40.6 Å². The third-order valence-electron chi connectivity index (χ3n) is 5.75. The molecule has 2 rings (SSSR count). The van der Waals surface area contributed by atoms with Crippen molar-refractivity contribution in [3.05, 3.63) is 54.8 Å². The Bertz CT molecular complexity index is 1060. The van der Waals surface area contributed by atoms with Gasteiger partial charge < -0.3 is 47.2 Å². The number of hydrogen-bond acceptors (Lipinski definition) is 10. The van der Waals surface area contributed by atoms with Crippen LogP contribution in [0.1, 0.15) is 18.4 Å². The van der Waals surface area contributed by atoms with Crippen LogP contribution in [0.4, 0.5) is 17.6 Å². The molecule has 0 radical (unpaired) electrons. The third-order valence-corrected chi connectivity index (χ3v) is 5.75. The van der Waals surface area contributed by atoms with Crippen molar-refractivity contribution in [3.63, 3.8) is 0 Å². The molecule has 1 aromatic carbocycles. The average molecular weight is 641 g/mol. The molecule has 1 aromatic rings. The summed E-state index contributed by atoms with van der Waals surface area (Å²) in [5, 5.41) is 0. The topological polar surface area (TPSA) is 121 Å². The van der Waals surface area contributed by atoms with Gasteiger partial charge in [-0.15, -0.1) is 19.5 Å². The minimum atomic E-state index is -2.05. The van der Waals surface area contributed by atoms with Crippen LogP contribution in [-0.4, -0.2) is 113 Å². The second-order valence-corrected chi connectivity index (χ2v) is 8.78. The van der Waals surface area contributed by atoms with E-state index in [1.807, 2.05) is 4.90 Å². The Morgan fingerprint density at radius 3 is 1.76 bits per heavy atom. The minimum absolute atomic E-state index is 0. The maximum atomic E-state index is 13.6. The molecule has 11 nitrogen and oxygen atoms in total. The number of rotatable bonds is 21. The monoisotopic (exact) mass is 640 g/mol. The Labute approximate surface area is 272 Å². The number of imide groups is 1. The summed E-state index contributed by atoms with van der Waals surface area (Å²) in [4.78, 5) is 47.1. The van der Waals surface area contributed by atoms with Crippen LogP contribution in [0.25, 0.3) is 0 Å². The molecule has 0 aromatic heterocycles. The summed E-state index contributed by atoms with van der Waals surface area (Å²) in [5.74, 6) is -9.88. The number of hydrogen-bond donors (Lipinski definition) is 0. The van der Waals surface area contributed by atoms with E-state index in [9.17, 15) is 36.7 Å². The standard InChI is InChI=1S/C19H23F4O7.C10H14N2O2.Li/c1-13-15(20)16(21)17(22)18(23)19(13)30-14(25)3-6-27-8-10-29-12-11-28-9-7-26-5-2-4-24;1-3-11(4-2)7-8-12-9(13)5-6-10(12)14;/h2-3,5-12H2,1H3;5-6H,1-4,7-8H2;/q-1;-2;+1. The van der Waals surface area contributed by atoms with Crippen LogP contribution in [0.5, 0.6) is 5.75 Å². The van der Waals surface area contributed by atoms with Gasteiger partial charge in [0.1, 0.15) is 0 Å². The fourth-order valence-corrected chi connectivity index (χ4v) is 3.27. The first kappa shape index (κ1) is 42.4. The molecule has 0 saturated carbocycles. The van der Waals surface area contributed by atoms with Crippen LogP contribution in [0.2, 0.25) is 0 Å². The van der Waals surface area contributed by atoms with Crippen molar-refractivity contribution in [2.45, 2.75) is 19.8 Å². The number of benzene rings is 1. The predicted molar refractivity (Wildman–Crippen MR) is 148 cm³/mol. The van der Waals surface area contributed by atoms with E-state index in [4.69, 9.17) is 18.9 Å². The quantitative estimate of drug-likeness (QED) is 0.0196. The molecule has 0 atom stereocenters. The van der Waals surface area contributed by atoms with E-state index >= 15 is 0 Å². The van der Waals surface area contributed by atoms with Gasteiger partial charge in [-0.2, -0.15) is 4.39 Å². The van der Waals surface area contributed by atoms with Crippen LogP contribution < -0.4 is 23.6 Å². The molecule has 16 heteroatoms. The molecule has 1 heterocycles. The number of ether oxygens (including phenoxy) is 5. The van der Waals surface area contributed by atoms with Gasteiger partial charge in [0, 0.05) is 37.4 Å². The molecule has 0 unspecified atom stereocenters. The number of amides is 2. The van der Waals surface area contributed by atoms with Gasteiger partial charge in [-0.25, -0.2) is 13.2 Å². The first-order valence-corrected chi connectivity index (χ1v) is 13.6. The van der Waals surface area contributed by atoms with E-state index in [1.54, 1.807) is 6.29 Å². The molecule has 248 valence electrons. The van der Waals surface area contributed by atoms with Gasteiger partial charge in [-0.05, 0) is 6.92 Å². The van der Waals surface area contributed by atoms with Crippen molar-refractivity contribution in [2.24, 2.45) is 0 Å². The van der Waals surface area contributed by atoms with E-state index in [1.165, 1.54) is 17.1 Å². The maximum absolute atomic E-state index is 13.6. The Morgan fingerprint density at radius 1 is 0.800 bits per heavy atom. The van der Waals surface area contributed by atoms with Crippen LogP contribution in [0.15, 0.2) is 12.2 Å². The van der Waals surface area contributed by atoms with Crippen molar-refractivity contribution in [1.82, 2.24) is 9.80 Å². The zero-order valence-electron chi connectivity index (χ0n) is 25.5. The third kappa shape index (κ3) is 16.0. The smallest absolute Gasteiger partial charge is 0.542 e. The second-order valence-electron chi connectivity index (χ2n) is 8.78. The van der Waals surface area contributed by atoms with Gasteiger partial charge in [0.05, 0.1) is 52.7 Å². The molecule has 0 N–H and O–H groups in total. The van der Waals surface area contributed by atoms with Gasteiger partial charge in [-0.3, -0.25) is 25.6 Å². The number of esters is 1. The summed E-state index contributed by atoms with van der Waals surface area (Å²) >= 11 is 0. The van der Waals surface area contributed by atoms with Crippen molar-refractivity contribution in [1.29, 1.82) is 0 Å². The van der Waals surface area contributed by atoms with Crippen molar-refractivity contribution >= 4 is 24.1 Å². The minimum Gasteiger partial charge on any atom is -0.542 e. The van der Waals surface area contributed by atoms with Gasteiger partial charge in [-0.1, -0.05) is 0 Å². The van der Waals surface area contributed by atoms with Crippen LogP contribution in [0, 0.1) is 44.0 Å². The fraction of sp³-hybridized carbons (Fsp3) is 0.517. The summed E-state index contributed by atoms with van der Waals surface area (Å²) in [6.45, 7) is 12.7. The van der Waals surface area contributed by atoms with Crippen molar-refractivity contribution < 1.29 is 79.3 Å². The first-order chi connectivity index (χ1) is 21.1. The summed E-state index contributed by atoms with van der Waals surface area (Å²) in [5.41, 5.74) is -0.651. The maximum Gasteiger partial charge on any atom is 1.00 e. The zero-order chi connectivity index (χ0) is 32.9. The normalized spacial score (nSPS) is 12.3. The number of carbonyl (C=O) groups excluding carboxylic acids is 4. The molecule has 0 spiro atoms. The molecule has 0 bridgehead atoms. The van der Waals surface area contributed by atoms with Crippen LogP contribution in [-0.2, 0) is 38.1 Å². The van der Waals surface area contributed by atoms with E-state index in [0.717, 1.165) is 6.92 Å². The molecule has 1 aliphatic rings. The van der Waals surface area contributed by atoms with Crippen molar-refractivity contribution in [3.8, 4) is 5.75 Å². The number of nitrogens with zero attached hydrogens (tertiary/aromatic N) is 2. The zero-order valence-corrected chi connectivity index (χ0v) is 25.5.